The SMILES string of the molecule is CCC(O)c1cn(C2CS(=O)(=O)CC2O)nn1. The molecule has 0 aliphatic carbocycles. The second-order valence-corrected chi connectivity index (χ2v) is 6.41. The van der Waals surface area contributed by atoms with Crippen molar-refractivity contribution in [2.24, 2.45) is 0 Å². The molecule has 8 heteroatoms. The van der Waals surface area contributed by atoms with Gasteiger partial charge in [-0.1, -0.05) is 12.1 Å². The van der Waals surface area contributed by atoms with Crippen LogP contribution in [0, 0.1) is 0 Å². The van der Waals surface area contributed by atoms with Crippen LogP contribution < -0.4 is 0 Å². The summed E-state index contributed by atoms with van der Waals surface area (Å²) in [4.78, 5) is 0. The second-order valence-electron chi connectivity index (χ2n) is 4.26. The smallest absolute Gasteiger partial charge is 0.155 e. The van der Waals surface area contributed by atoms with Gasteiger partial charge in [0.2, 0.25) is 0 Å². The van der Waals surface area contributed by atoms with Gasteiger partial charge in [-0.15, -0.1) is 5.10 Å². The minimum atomic E-state index is -3.21. The summed E-state index contributed by atoms with van der Waals surface area (Å²) >= 11 is 0. The van der Waals surface area contributed by atoms with E-state index in [9.17, 15) is 18.6 Å². The van der Waals surface area contributed by atoms with E-state index in [-0.39, 0.29) is 11.5 Å². The van der Waals surface area contributed by atoms with Crippen molar-refractivity contribution in [2.75, 3.05) is 11.5 Å². The molecule has 96 valence electrons. The van der Waals surface area contributed by atoms with Crippen LogP contribution >= 0.6 is 0 Å². The number of aliphatic hydroxyl groups is 2. The van der Waals surface area contributed by atoms with Crippen molar-refractivity contribution in [3.63, 3.8) is 0 Å². The molecule has 3 atom stereocenters. The van der Waals surface area contributed by atoms with Crippen LogP contribution in [0.5, 0.6) is 0 Å². The Hall–Kier alpha value is -0.990. The summed E-state index contributed by atoms with van der Waals surface area (Å²) in [5.41, 5.74) is 0.393. The van der Waals surface area contributed by atoms with Crippen LogP contribution in [0.3, 0.4) is 0 Å². The molecule has 1 aliphatic rings. The average molecular weight is 261 g/mol. The molecule has 0 aromatic carbocycles. The topological polar surface area (TPSA) is 105 Å². The lowest BCUT2D eigenvalue weighted by atomic mass is 10.2. The summed E-state index contributed by atoms with van der Waals surface area (Å²) in [5.74, 6) is -0.387. The fraction of sp³-hybridized carbons (Fsp3) is 0.778. The molecular weight excluding hydrogens is 246 g/mol. The molecule has 1 fully saturated rings. The molecule has 2 rings (SSSR count). The summed E-state index contributed by atoms with van der Waals surface area (Å²) in [7, 11) is -3.21. The maximum atomic E-state index is 11.4. The number of aromatic nitrogens is 3. The molecular formula is C9H15N3O4S. The molecule has 1 saturated heterocycles. The summed E-state index contributed by atoms with van der Waals surface area (Å²) in [6.07, 6.45) is 0.319. The Labute approximate surface area is 99.0 Å². The Morgan fingerprint density at radius 2 is 2.29 bits per heavy atom. The summed E-state index contributed by atoms with van der Waals surface area (Å²) in [5, 5.41) is 26.7. The minimum absolute atomic E-state index is 0.140. The number of hydrogen-bond donors (Lipinski definition) is 2. The number of nitrogens with zero attached hydrogens (tertiary/aromatic N) is 3. The minimum Gasteiger partial charge on any atom is -0.390 e. The Bertz CT molecular complexity index is 498. The van der Waals surface area contributed by atoms with E-state index in [0.717, 1.165) is 0 Å². The fourth-order valence-electron chi connectivity index (χ4n) is 1.88. The molecule has 0 amide bonds. The van der Waals surface area contributed by atoms with Crippen molar-refractivity contribution in [2.45, 2.75) is 31.6 Å². The third-order valence-corrected chi connectivity index (χ3v) is 4.59. The van der Waals surface area contributed by atoms with Gasteiger partial charge in [-0.25, -0.2) is 13.1 Å². The molecule has 1 aliphatic heterocycles. The van der Waals surface area contributed by atoms with E-state index in [0.29, 0.717) is 12.1 Å². The fourth-order valence-corrected chi connectivity index (χ4v) is 3.65. The summed E-state index contributed by atoms with van der Waals surface area (Å²) in [6, 6.07) is -0.606. The van der Waals surface area contributed by atoms with E-state index < -0.39 is 28.1 Å². The van der Waals surface area contributed by atoms with Crippen LogP contribution in [0.2, 0.25) is 0 Å². The van der Waals surface area contributed by atoms with Crippen molar-refractivity contribution in [1.29, 1.82) is 0 Å². The van der Waals surface area contributed by atoms with E-state index in [4.69, 9.17) is 0 Å². The third-order valence-electron chi connectivity index (χ3n) is 2.89. The van der Waals surface area contributed by atoms with Crippen molar-refractivity contribution >= 4 is 9.84 Å². The van der Waals surface area contributed by atoms with E-state index in [2.05, 4.69) is 10.3 Å². The van der Waals surface area contributed by atoms with E-state index in [1.54, 1.807) is 6.92 Å². The van der Waals surface area contributed by atoms with E-state index in [1.807, 2.05) is 0 Å². The van der Waals surface area contributed by atoms with Crippen molar-refractivity contribution in [3.8, 4) is 0 Å². The molecule has 0 spiro atoms. The normalized spacial score (nSPS) is 29.4. The lowest BCUT2D eigenvalue weighted by molar-refractivity contribution is 0.145. The van der Waals surface area contributed by atoms with Crippen molar-refractivity contribution in [3.05, 3.63) is 11.9 Å². The number of rotatable bonds is 3. The Balaban J connectivity index is 2.21. The quantitative estimate of drug-likeness (QED) is 0.727. The first-order valence-electron chi connectivity index (χ1n) is 5.41. The Morgan fingerprint density at radius 3 is 2.82 bits per heavy atom. The summed E-state index contributed by atoms with van der Waals surface area (Å²) in [6.45, 7) is 1.80. The molecule has 3 unspecified atom stereocenters. The molecule has 0 radical (unpaired) electrons. The highest BCUT2D eigenvalue weighted by Gasteiger charge is 2.38. The Kier molecular flexibility index (Phi) is 3.19. The van der Waals surface area contributed by atoms with Crippen molar-refractivity contribution in [1.82, 2.24) is 15.0 Å². The predicted molar refractivity (Wildman–Crippen MR) is 59.0 cm³/mol. The van der Waals surface area contributed by atoms with Gasteiger partial charge in [0.15, 0.2) is 9.84 Å². The maximum absolute atomic E-state index is 11.4. The second kappa shape index (κ2) is 4.35. The van der Waals surface area contributed by atoms with Gasteiger partial charge in [-0.05, 0) is 6.42 Å². The summed E-state index contributed by atoms with van der Waals surface area (Å²) < 4.78 is 24.0. The molecule has 7 nitrogen and oxygen atoms in total. The maximum Gasteiger partial charge on any atom is 0.155 e. The van der Waals surface area contributed by atoms with Crippen LogP contribution in [0.1, 0.15) is 31.2 Å². The van der Waals surface area contributed by atoms with Gasteiger partial charge < -0.3 is 10.2 Å². The zero-order valence-electron chi connectivity index (χ0n) is 9.39. The van der Waals surface area contributed by atoms with Gasteiger partial charge in [0.05, 0.1) is 36.0 Å². The van der Waals surface area contributed by atoms with Crippen molar-refractivity contribution < 1.29 is 18.6 Å². The van der Waals surface area contributed by atoms with Gasteiger partial charge >= 0.3 is 0 Å². The zero-order valence-corrected chi connectivity index (χ0v) is 10.2. The van der Waals surface area contributed by atoms with Crippen LogP contribution in [-0.2, 0) is 9.84 Å². The predicted octanol–water partition coefficient (Wildman–Crippen LogP) is -0.948. The lowest BCUT2D eigenvalue weighted by Gasteiger charge is -2.11. The first kappa shape index (κ1) is 12.5. The average Bonchev–Trinajstić information content (AvgIpc) is 2.81. The van der Waals surface area contributed by atoms with Gasteiger partial charge in [0, 0.05) is 0 Å². The van der Waals surface area contributed by atoms with E-state index in [1.165, 1.54) is 10.9 Å². The molecule has 0 bridgehead atoms. The Morgan fingerprint density at radius 1 is 1.59 bits per heavy atom. The highest BCUT2D eigenvalue weighted by Crippen LogP contribution is 2.24. The largest absolute Gasteiger partial charge is 0.390 e. The number of sulfone groups is 1. The monoisotopic (exact) mass is 261 g/mol. The molecule has 1 aromatic heterocycles. The molecule has 1 aromatic rings. The van der Waals surface area contributed by atoms with E-state index >= 15 is 0 Å². The number of aliphatic hydroxyl groups excluding tert-OH is 2. The zero-order chi connectivity index (χ0) is 12.6. The van der Waals surface area contributed by atoms with Gasteiger partial charge in [0.25, 0.3) is 0 Å². The highest BCUT2D eigenvalue weighted by molar-refractivity contribution is 7.91. The van der Waals surface area contributed by atoms with Crippen LogP contribution in [0.4, 0.5) is 0 Å². The molecule has 17 heavy (non-hydrogen) atoms. The van der Waals surface area contributed by atoms with Gasteiger partial charge in [-0.2, -0.15) is 0 Å². The molecule has 2 N–H and O–H groups in total. The van der Waals surface area contributed by atoms with Crippen LogP contribution in [0.25, 0.3) is 0 Å². The first-order chi connectivity index (χ1) is 7.93. The standard InChI is InChI=1S/C9H15N3O4S/c1-2-8(13)6-3-12(11-10-6)7-4-17(15,16)5-9(7)14/h3,7-9,13-14H,2,4-5H2,1H3. The van der Waals surface area contributed by atoms with Gasteiger partial charge in [0.1, 0.15) is 5.69 Å². The first-order valence-corrected chi connectivity index (χ1v) is 7.23. The van der Waals surface area contributed by atoms with Crippen LogP contribution in [0.15, 0.2) is 6.20 Å². The molecule has 0 saturated carbocycles. The number of hydrogen-bond acceptors (Lipinski definition) is 6. The van der Waals surface area contributed by atoms with Gasteiger partial charge in [-0.3, -0.25) is 0 Å². The highest BCUT2D eigenvalue weighted by atomic mass is 32.2. The van der Waals surface area contributed by atoms with Crippen LogP contribution in [-0.4, -0.2) is 51.2 Å². The third kappa shape index (κ3) is 2.48. The lowest BCUT2D eigenvalue weighted by Crippen LogP contribution is -2.22. The molecule has 2 heterocycles.